The van der Waals surface area contributed by atoms with Gasteiger partial charge in [0.15, 0.2) is 6.10 Å². The Kier molecular flexibility index (Phi) is 7.73. The van der Waals surface area contributed by atoms with E-state index < -0.39 is 22.1 Å². The molecule has 0 saturated carbocycles. The first-order valence-corrected chi connectivity index (χ1v) is 12.3. The molecule has 8 heteroatoms. The lowest BCUT2D eigenvalue weighted by Crippen LogP contribution is -2.40. The van der Waals surface area contributed by atoms with E-state index >= 15 is 0 Å². The average Bonchev–Trinajstić information content (AvgIpc) is 2.85. The number of nitrogens with zero attached hydrogens (tertiary/aromatic N) is 2. The molecule has 3 rings (SSSR count). The maximum Gasteiger partial charge on any atom is 0.338 e. The third kappa shape index (κ3) is 5.46. The quantitative estimate of drug-likeness (QED) is 0.446. The Labute approximate surface area is 200 Å². The molecule has 0 aliphatic rings. The van der Waals surface area contributed by atoms with Gasteiger partial charge in [0.25, 0.3) is 15.9 Å². The minimum atomic E-state index is -3.91. The molecule has 3 aromatic rings. The molecule has 178 valence electrons. The zero-order valence-corrected chi connectivity index (χ0v) is 20.5. The van der Waals surface area contributed by atoms with E-state index in [1.165, 1.54) is 43.1 Å². The zero-order valence-electron chi connectivity index (χ0n) is 19.6. The predicted molar refractivity (Wildman–Crippen MR) is 133 cm³/mol. The molecular weight excluding hydrogens is 452 g/mol. The maximum atomic E-state index is 13.1. The normalized spacial score (nSPS) is 12.0. The number of carbonyl (C=O) groups is 2. The molecule has 0 N–H and O–H groups in total. The second-order valence-electron chi connectivity index (χ2n) is 7.80. The molecule has 1 amide bonds. The monoisotopic (exact) mass is 480 g/mol. The third-order valence-corrected chi connectivity index (χ3v) is 7.19. The maximum absolute atomic E-state index is 13.1. The highest BCUT2D eigenvalue weighted by atomic mass is 32.2. The second-order valence-corrected chi connectivity index (χ2v) is 9.77. The molecule has 0 unspecified atom stereocenters. The Bertz CT molecular complexity index is 1260. The summed E-state index contributed by atoms with van der Waals surface area (Å²) in [5, 5.41) is 0. The van der Waals surface area contributed by atoms with Crippen molar-refractivity contribution in [3.63, 3.8) is 0 Å². The largest absolute Gasteiger partial charge is 0.449 e. The van der Waals surface area contributed by atoms with Crippen LogP contribution in [0.1, 0.15) is 29.8 Å². The molecule has 7 nitrogen and oxygen atoms in total. The summed E-state index contributed by atoms with van der Waals surface area (Å²) in [4.78, 5) is 27.1. The van der Waals surface area contributed by atoms with Crippen molar-refractivity contribution < 1.29 is 22.7 Å². The Hall–Kier alpha value is -3.65. The lowest BCUT2D eigenvalue weighted by molar-refractivity contribution is -0.126. The molecule has 0 spiro atoms. The van der Waals surface area contributed by atoms with E-state index in [0.29, 0.717) is 17.9 Å². The lowest BCUT2D eigenvalue weighted by atomic mass is 10.2. The number of esters is 1. The summed E-state index contributed by atoms with van der Waals surface area (Å²) in [7, 11) is -2.46. The molecule has 0 radical (unpaired) electrons. The summed E-state index contributed by atoms with van der Waals surface area (Å²) in [6.45, 7) is 5.65. The molecule has 0 aliphatic heterocycles. The van der Waals surface area contributed by atoms with Crippen LogP contribution in [0.15, 0.2) is 83.8 Å². The summed E-state index contributed by atoms with van der Waals surface area (Å²) in [6, 6.07) is 21.8. The van der Waals surface area contributed by atoms with Crippen LogP contribution in [0.3, 0.4) is 0 Å². The van der Waals surface area contributed by atoms with E-state index in [-0.39, 0.29) is 16.4 Å². The van der Waals surface area contributed by atoms with Crippen LogP contribution in [-0.4, -0.2) is 40.0 Å². The number of carbonyl (C=O) groups excluding carboxylic acids is 2. The molecule has 0 fully saturated rings. The van der Waals surface area contributed by atoms with Crippen molar-refractivity contribution in [2.24, 2.45) is 0 Å². The highest BCUT2D eigenvalue weighted by Crippen LogP contribution is 2.23. The number of anilines is 2. The highest BCUT2D eigenvalue weighted by molar-refractivity contribution is 7.92. The van der Waals surface area contributed by atoms with E-state index in [2.05, 4.69) is 0 Å². The van der Waals surface area contributed by atoms with Crippen molar-refractivity contribution in [1.82, 2.24) is 0 Å². The first kappa shape index (κ1) is 25.0. The first-order chi connectivity index (χ1) is 16.1. The summed E-state index contributed by atoms with van der Waals surface area (Å²) in [5.74, 6) is -1.15. The van der Waals surface area contributed by atoms with E-state index in [4.69, 9.17) is 4.74 Å². The lowest BCUT2D eigenvalue weighted by Gasteiger charge is -2.24. The van der Waals surface area contributed by atoms with Gasteiger partial charge in [0.1, 0.15) is 0 Å². The van der Waals surface area contributed by atoms with Crippen molar-refractivity contribution in [3.8, 4) is 0 Å². The molecule has 34 heavy (non-hydrogen) atoms. The van der Waals surface area contributed by atoms with Gasteiger partial charge in [-0.2, -0.15) is 0 Å². The number of hydrogen-bond acceptors (Lipinski definition) is 5. The van der Waals surface area contributed by atoms with Gasteiger partial charge in [-0.3, -0.25) is 9.10 Å². The topological polar surface area (TPSA) is 84.0 Å². The summed E-state index contributed by atoms with van der Waals surface area (Å²) in [5.41, 5.74) is 2.25. The second kappa shape index (κ2) is 10.5. The van der Waals surface area contributed by atoms with E-state index in [1.807, 2.05) is 44.2 Å². The van der Waals surface area contributed by atoms with E-state index in [1.54, 1.807) is 24.3 Å². The number of aryl methyl sites for hydroxylation is 1. The van der Waals surface area contributed by atoms with Crippen molar-refractivity contribution in [2.75, 3.05) is 22.8 Å². The Morgan fingerprint density at radius 3 is 2.18 bits per heavy atom. The Balaban J connectivity index is 1.77. The SMILES string of the molecule is CCN(C(=O)[C@H](C)OC(=O)c1cccc(S(=O)(=O)N(C)c2ccc(C)cc2)c1)c1ccccc1. The molecule has 0 saturated heterocycles. The standard InChI is InChI=1S/C26H28N2O5S/c1-5-28(23-11-7-6-8-12-23)25(29)20(3)33-26(30)21-10-9-13-24(18-21)34(31,32)27(4)22-16-14-19(2)15-17-22/h6-18,20H,5H2,1-4H3/t20-/m0/s1. The predicted octanol–water partition coefficient (Wildman–Crippen LogP) is 4.42. The fraction of sp³-hybridized carbons (Fsp3) is 0.231. The molecule has 3 aromatic carbocycles. The zero-order chi connectivity index (χ0) is 24.9. The molecule has 0 heterocycles. The van der Waals surface area contributed by atoms with Crippen molar-refractivity contribution >= 4 is 33.3 Å². The van der Waals surface area contributed by atoms with Crippen molar-refractivity contribution in [2.45, 2.75) is 31.8 Å². The minimum absolute atomic E-state index is 0.0424. The number of rotatable bonds is 8. The Morgan fingerprint density at radius 2 is 1.56 bits per heavy atom. The van der Waals surface area contributed by atoms with E-state index in [9.17, 15) is 18.0 Å². The number of ether oxygens (including phenoxy) is 1. The fourth-order valence-electron chi connectivity index (χ4n) is 3.41. The summed E-state index contributed by atoms with van der Waals surface area (Å²) >= 11 is 0. The third-order valence-electron chi connectivity index (χ3n) is 5.41. The number of hydrogen-bond donors (Lipinski definition) is 0. The van der Waals surface area contributed by atoms with Gasteiger partial charge in [-0.25, -0.2) is 13.2 Å². The number of amides is 1. The average molecular weight is 481 g/mol. The van der Waals surface area contributed by atoms with Crippen LogP contribution in [-0.2, 0) is 19.6 Å². The van der Waals surface area contributed by atoms with Crippen LogP contribution >= 0.6 is 0 Å². The van der Waals surface area contributed by atoms with Gasteiger partial charge in [0.2, 0.25) is 0 Å². The number of sulfonamides is 1. The van der Waals surface area contributed by atoms with Crippen molar-refractivity contribution in [1.29, 1.82) is 0 Å². The smallest absolute Gasteiger partial charge is 0.338 e. The Morgan fingerprint density at radius 1 is 0.912 bits per heavy atom. The van der Waals surface area contributed by atoms with Crippen LogP contribution in [0.2, 0.25) is 0 Å². The van der Waals surface area contributed by atoms with Crippen LogP contribution in [0.5, 0.6) is 0 Å². The summed E-state index contributed by atoms with van der Waals surface area (Å²) in [6.07, 6.45) is -1.05. The van der Waals surface area contributed by atoms with Gasteiger partial charge in [-0.15, -0.1) is 0 Å². The molecular formula is C26H28N2O5S. The van der Waals surface area contributed by atoms with Gasteiger partial charge in [-0.1, -0.05) is 42.0 Å². The first-order valence-electron chi connectivity index (χ1n) is 10.9. The van der Waals surface area contributed by atoms with Gasteiger partial charge in [0, 0.05) is 19.3 Å². The van der Waals surface area contributed by atoms with Gasteiger partial charge in [0.05, 0.1) is 16.1 Å². The molecule has 0 aliphatic carbocycles. The molecule has 0 aromatic heterocycles. The van der Waals surface area contributed by atoms with Gasteiger partial charge in [-0.05, 0) is 63.2 Å². The number of benzene rings is 3. The van der Waals surface area contributed by atoms with Crippen LogP contribution in [0.4, 0.5) is 11.4 Å². The van der Waals surface area contributed by atoms with Gasteiger partial charge >= 0.3 is 5.97 Å². The fourth-order valence-corrected chi connectivity index (χ4v) is 4.65. The number of likely N-dealkylation sites (N-methyl/N-ethyl adjacent to an activating group) is 1. The minimum Gasteiger partial charge on any atom is -0.449 e. The number of para-hydroxylation sites is 1. The highest BCUT2D eigenvalue weighted by Gasteiger charge is 2.26. The molecule has 0 bridgehead atoms. The van der Waals surface area contributed by atoms with Crippen LogP contribution in [0.25, 0.3) is 0 Å². The van der Waals surface area contributed by atoms with Crippen LogP contribution < -0.4 is 9.21 Å². The molecule has 1 atom stereocenters. The summed E-state index contributed by atoms with van der Waals surface area (Å²) < 4.78 is 32.8. The van der Waals surface area contributed by atoms with Crippen LogP contribution in [0, 0.1) is 6.92 Å². The van der Waals surface area contributed by atoms with Gasteiger partial charge < -0.3 is 9.64 Å². The van der Waals surface area contributed by atoms with E-state index in [0.717, 1.165) is 9.87 Å². The van der Waals surface area contributed by atoms with Crippen molar-refractivity contribution in [3.05, 3.63) is 90.0 Å².